The molecule has 0 aromatic heterocycles. The molecule has 0 radical (unpaired) electrons. The Morgan fingerprint density at radius 1 is 1.17 bits per heavy atom. The van der Waals surface area contributed by atoms with Gasteiger partial charge in [0.2, 0.25) is 0 Å². The summed E-state index contributed by atoms with van der Waals surface area (Å²) in [7, 11) is 0. The SMILES string of the molecule is CC(C)CC1CCCC(NC(C)CC(F)(F)F)C1. The van der Waals surface area contributed by atoms with Gasteiger partial charge in [-0.1, -0.05) is 26.7 Å². The number of hydrogen-bond acceptors (Lipinski definition) is 1. The van der Waals surface area contributed by atoms with Gasteiger partial charge >= 0.3 is 6.18 Å². The zero-order valence-corrected chi connectivity index (χ0v) is 11.7. The number of rotatable bonds is 5. The van der Waals surface area contributed by atoms with Gasteiger partial charge in [0.1, 0.15) is 0 Å². The largest absolute Gasteiger partial charge is 0.390 e. The first-order valence-electron chi connectivity index (χ1n) is 7.09. The molecule has 0 amide bonds. The molecule has 1 rings (SSSR count). The molecule has 1 N–H and O–H groups in total. The van der Waals surface area contributed by atoms with E-state index < -0.39 is 18.6 Å². The van der Waals surface area contributed by atoms with Crippen molar-refractivity contribution in [3.05, 3.63) is 0 Å². The van der Waals surface area contributed by atoms with Crippen molar-refractivity contribution in [2.24, 2.45) is 11.8 Å². The van der Waals surface area contributed by atoms with E-state index in [4.69, 9.17) is 0 Å². The maximum absolute atomic E-state index is 12.3. The molecule has 0 heterocycles. The first kappa shape index (κ1) is 15.8. The summed E-state index contributed by atoms with van der Waals surface area (Å²) in [6, 6.07) is -0.187. The average molecular weight is 265 g/mol. The van der Waals surface area contributed by atoms with Crippen LogP contribution >= 0.6 is 0 Å². The highest BCUT2D eigenvalue weighted by atomic mass is 19.4. The van der Waals surface area contributed by atoms with Crippen molar-refractivity contribution in [2.45, 2.75) is 77.6 Å². The third kappa shape index (κ3) is 6.62. The molecule has 0 saturated heterocycles. The Balaban J connectivity index is 2.33. The summed E-state index contributed by atoms with van der Waals surface area (Å²) in [6.07, 6.45) is 0.873. The van der Waals surface area contributed by atoms with Crippen LogP contribution in [0.25, 0.3) is 0 Å². The second-order valence-electron chi connectivity index (χ2n) is 6.25. The van der Waals surface area contributed by atoms with Crippen LogP contribution < -0.4 is 5.32 Å². The van der Waals surface area contributed by atoms with E-state index in [0.29, 0.717) is 11.8 Å². The Hall–Kier alpha value is -0.250. The fraction of sp³-hybridized carbons (Fsp3) is 1.00. The summed E-state index contributed by atoms with van der Waals surface area (Å²) >= 11 is 0. The van der Waals surface area contributed by atoms with Crippen LogP contribution in [0.3, 0.4) is 0 Å². The molecule has 0 spiro atoms. The number of halogens is 3. The summed E-state index contributed by atoms with van der Waals surface area (Å²) in [5, 5.41) is 3.16. The highest BCUT2D eigenvalue weighted by Crippen LogP contribution is 2.30. The van der Waals surface area contributed by atoms with Crippen LogP contribution in [0.4, 0.5) is 13.2 Å². The molecule has 108 valence electrons. The molecule has 3 unspecified atom stereocenters. The number of hydrogen-bond donors (Lipinski definition) is 1. The van der Waals surface area contributed by atoms with Gasteiger partial charge in [-0.3, -0.25) is 0 Å². The molecule has 18 heavy (non-hydrogen) atoms. The number of alkyl halides is 3. The summed E-state index contributed by atoms with van der Waals surface area (Å²) in [4.78, 5) is 0. The Bertz CT molecular complexity index is 238. The Morgan fingerprint density at radius 3 is 2.39 bits per heavy atom. The lowest BCUT2D eigenvalue weighted by Crippen LogP contribution is -2.41. The molecular formula is C14H26F3N. The van der Waals surface area contributed by atoms with Crippen LogP contribution in [-0.4, -0.2) is 18.3 Å². The fourth-order valence-corrected chi connectivity index (χ4v) is 3.13. The number of nitrogens with one attached hydrogen (secondary N) is 1. The van der Waals surface area contributed by atoms with E-state index in [-0.39, 0.29) is 6.04 Å². The van der Waals surface area contributed by atoms with E-state index in [1.807, 2.05) is 0 Å². The van der Waals surface area contributed by atoms with E-state index in [1.165, 1.54) is 12.8 Å². The zero-order chi connectivity index (χ0) is 13.8. The zero-order valence-electron chi connectivity index (χ0n) is 11.7. The van der Waals surface area contributed by atoms with Gasteiger partial charge in [-0.05, 0) is 38.0 Å². The van der Waals surface area contributed by atoms with Gasteiger partial charge in [-0.2, -0.15) is 13.2 Å². The fourth-order valence-electron chi connectivity index (χ4n) is 3.13. The van der Waals surface area contributed by atoms with Crippen LogP contribution in [0.2, 0.25) is 0 Å². The van der Waals surface area contributed by atoms with Crippen molar-refractivity contribution in [1.82, 2.24) is 5.32 Å². The van der Waals surface area contributed by atoms with Crippen molar-refractivity contribution >= 4 is 0 Å². The predicted octanol–water partition coefficient (Wildman–Crippen LogP) is 4.52. The predicted molar refractivity (Wildman–Crippen MR) is 68.5 cm³/mol. The van der Waals surface area contributed by atoms with Gasteiger partial charge < -0.3 is 5.32 Å². The smallest absolute Gasteiger partial charge is 0.311 e. The second kappa shape index (κ2) is 6.78. The molecular weight excluding hydrogens is 239 g/mol. The van der Waals surface area contributed by atoms with E-state index >= 15 is 0 Å². The molecule has 0 aromatic carbocycles. The summed E-state index contributed by atoms with van der Waals surface area (Å²) in [5.41, 5.74) is 0. The standard InChI is InChI=1S/C14H26F3N/c1-10(2)7-12-5-4-6-13(8-12)18-11(3)9-14(15,16)17/h10-13,18H,4-9H2,1-3H3. The van der Waals surface area contributed by atoms with Crippen LogP contribution in [0.15, 0.2) is 0 Å². The Morgan fingerprint density at radius 2 is 1.83 bits per heavy atom. The lowest BCUT2D eigenvalue weighted by atomic mass is 9.81. The van der Waals surface area contributed by atoms with Crippen molar-refractivity contribution in [3.63, 3.8) is 0 Å². The van der Waals surface area contributed by atoms with E-state index in [1.54, 1.807) is 6.92 Å². The third-order valence-electron chi connectivity index (χ3n) is 3.65. The van der Waals surface area contributed by atoms with Gasteiger partial charge in [0.25, 0.3) is 0 Å². The maximum atomic E-state index is 12.3. The average Bonchev–Trinajstić information content (AvgIpc) is 2.13. The first-order chi connectivity index (χ1) is 8.26. The minimum absolute atomic E-state index is 0.278. The Kier molecular flexibility index (Phi) is 5.96. The van der Waals surface area contributed by atoms with E-state index in [0.717, 1.165) is 19.3 Å². The lowest BCUT2D eigenvalue weighted by Gasteiger charge is -2.33. The van der Waals surface area contributed by atoms with Crippen LogP contribution in [0, 0.1) is 11.8 Å². The minimum atomic E-state index is -4.06. The summed E-state index contributed by atoms with van der Waals surface area (Å²) in [5.74, 6) is 1.37. The highest BCUT2D eigenvalue weighted by molar-refractivity contribution is 4.81. The molecule has 0 aromatic rings. The van der Waals surface area contributed by atoms with Gasteiger partial charge in [0, 0.05) is 12.1 Å². The van der Waals surface area contributed by atoms with Gasteiger partial charge in [0.15, 0.2) is 0 Å². The maximum Gasteiger partial charge on any atom is 0.390 e. The molecule has 0 bridgehead atoms. The van der Waals surface area contributed by atoms with E-state index in [2.05, 4.69) is 19.2 Å². The molecule has 1 aliphatic carbocycles. The van der Waals surface area contributed by atoms with Crippen LogP contribution in [-0.2, 0) is 0 Å². The first-order valence-corrected chi connectivity index (χ1v) is 7.09. The normalized spacial score (nSPS) is 27.5. The van der Waals surface area contributed by atoms with Crippen molar-refractivity contribution in [1.29, 1.82) is 0 Å². The van der Waals surface area contributed by atoms with Crippen LogP contribution in [0.1, 0.15) is 59.3 Å². The monoisotopic (exact) mass is 265 g/mol. The van der Waals surface area contributed by atoms with Crippen molar-refractivity contribution in [3.8, 4) is 0 Å². The lowest BCUT2D eigenvalue weighted by molar-refractivity contribution is -0.139. The van der Waals surface area contributed by atoms with Crippen molar-refractivity contribution < 1.29 is 13.2 Å². The Labute approximate surface area is 109 Å². The summed E-state index contributed by atoms with van der Waals surface area (Å²) in [6.45, 7) is 6.06. The highest BCUT2D eigenvalue weighted by Gasteiger charge is 2.31. The molecule has 1 fully saturated rings. The topological polar surface area (TPSA) is 12.0 Å². The molecule has 1 saturated carbocycles. The molecule has 1 aliphatic rings. The molecule has 1 nitrogen and oxygen atoms in total. The van der Waals surface area contributed by atoms with Gasteiger partial charge in [-0.15, -0.1) is 0 Å². The second-order valence-corrected chi connectivity index (χ2v) is 6.25. The van der Waals surface area contributed by atoms with Crippen molar-refractivity contribution in [2.75, 3.05) is 0 Å². The molecule has 3 atom stereocenters. The minimum Gasteiger partial charge on any atom is -0.311 e. The third-order valence-corrected chi connectivity index (χ3v) is 3.65. The van der Waals surface area contributed by atoms with Crippen LogP contribution in [0.5, 0.6) is 0 Å². The quantitative estimate of drug-likeness (QED) is 0.770. The molecule has 4 heteroatoms. The van der Waals surface area contributed by atoms with Gasteiger partial charge in [-0.25, -0.2) is 0 Å². The van der Waals surface area contributed by atoms with Gasteiger partial charge in [0.05, 0.1) is 6.42 Å². The van der Waals surface area contributed by atoms with E-state index in [9.17, 15) is 13.2 Å². The molecule has 0 aliphatic heterocycles. The summed E-state index contributed by atoms with van der Waals surface area (Å²) < 4.78 is 36.8.